The maximum Gasteiger partial charge on any atom is 0.337 e. The van der Waals surface area contributed by atoms with Gasteiger partial charge in [0.1, 0.15) is 0 Å². The number of morpholine rings is 1. The van der Waals surface area contributed by atoms with Gasteiger partial charge in [-0.15, -0.1) is 0 Å². The summed E-state index contributed by atoms with van der Waals surface area (Å²) in [7, 11) is 0. The molecule has 2 aliphatic rings. The van der Waals surface area contributed by atoms with E-state index in [0.717, 1.165) is 31.6 Å². The fourth-order valence-electron chi connectivity index (χ4n) is 3.19. The van der Waals surface area contributed by atoms with Crippen LogP contribution in [0.15, 0.2) is 18.2 Å². The molecule has 2 atom stereocenters. The molecule has 2 heterocycles. The predicted octanol–water partition coefficient (Wildman–Crippen LogP) is 2.42. The van der Waals surface area contributed by atoms with E-state index in [2.05, 4.69) is 4.90 Å². The quantitative estimate of drug-likeness (QED) is 0.921. The Labute approximate surface area is 134 Å². The van der Waals surface area contributed by atoms with Gasteiger partial charge in [-0.25, -0.2) is 4.79 Å². The van der Waals surface area contributed by atoms with Gasteiger partial charge in [-0.2, -0.15) is 0 Å². The second-order valence-corrected chi connectivity index (χ2v) is 6.13. The zero-order valence-electron chi connectivity index (χ0n) is 12.3. The Morgan fingerprint density at radius 2 is 2.27 bits per heavy atom. The summed E-state index contributed by atoms with van der Waals surface area (Å²) in [6.45, 7) is 3.57. The van der Waals surface area contributed by atoms with Crippen LogP contribution in [-0.2, 0) is 16.0 Å². The van der Waals surface area contributed by atoms with Gasteiger partial charge in [-0.3, -0.25) is 4.90 Å². The second kappa shape index (κ2) is 6.96. The minimum Gasteiger partial charge on any atom is -0.478 e. The molecule has 120 valence electrons. The van der Waals surface area contributed by atoms with Crippen molar-refractivity contribution in [1.82, 2.24) is 4.90 Å². The van der Waals surface area contributed by atoms with Crippen LogP contribution < -0.4 is 0 Å². The Morgan fingerprint density at radius 1 is 1.41 bits per heavy atom. The number of nitrogens with zero attached hydrogens (tertiary/aromatic N) is 1. The van der Waals surface area contributed by atoms with Crippen LogP contribution in [0.4, 0.5) is 0 Å². The smallest absolute Gasteiger partial charge is 0.337 e. The second-order valence-electron chi connectivity index (χ2n) is 5.75. The zero-order chi connectivity index (χ0) is 15.5. The molecule has 0 bridgehead atoms. The fraction of sp³-hybridized carbons (Fsp3) is 0.562. The normalized spacial score (nSPS) is 26.2. The summed E-state index contributed by atoms with van der Waals surface area (Å²) in [5.74, 6) is -0.996. The molecule has 0 saturated carbocycles. The summed E-state index contributed by atoms with van der Waals surface area (Å²) in [5.41, 5.74) is 0.993. The van der Waals surface area contributed by atoms with Gasteiger partial charge in [0.25, 0.3) is 0 Å². The Balaban J connectivity index is 1.78. The summed E-state index contributed by atoms with van der Waals surface area (Å²) < 4.78 is 11.4. The van der Waals surface area contributed by atoms with Crippen LogP contribution in [-0.4, -0.2) is 54.5 Å². The van der Waals surface area contributed by atoms with Crippen molar-refractivity contribution in [1.29, 1.82) is 0 Å². The summed E-state index contributed by atoms with van der Waals surface area (Å²) in [6.07, 6.45) is 2.33. The number of ether oxygens (including phenoxy) is 2. The minimum atomic E-state index is -0.996. The SMILES string of the molecule is O=C(O)c1cccc(CN2CCOCC2C2CCCO2)c1Cl. The molecule has 2 aliphatic heterocycles. The van der Waals surface area contributed by atoms with Crippen LogP contribution in [0.2, 0.25) is 5.02 Å². The molecule has 3 rings (SSSR count). The summed E-state index contributed by atoms with van der Waals surface area (Å²) >= 11 is 6.26. The Bertz CT molecular complexity index is 545. The highest BCUT2D eigenvalue weighted by Crippen LogP contribution is 2.27. The van der Waals surface area contributed by atoms with Gasteiger partial charge >= 0.3 is 5.97 Å². The van der Waals surface area contributed by atoms with E-state index in [1.807, 2.05) is 6.07 Å². The van der Waals surface area contributed by atoms with Gasteiger partial charge in [0.2, 0.25) is 0 Å². The summed E-state index contributed by atoms with van der Waals surface area (Å²) in [6, 6.07) is 5.37. The number of halogens is 1. The number of hydrogen-bond acceptors (Lipinski definition) is 4. The molecule has 2 fully saturated rings. The molecule has 1 N–H and O–H groups in total. The van der Waals surface area contributed by atoms with Crippen molar-refractivity contribution in [3.63, 3.8) is 0 Å². The number of carboxylic acids is 1. The van der Waals surface area contributed by atoms with Gasteiger partial charge in [0, 0.05) is 19.7 Å². The molecule has 1 aromatic rings. The topological polar surface area (TPSA) is 59.0 Å². The molecule has 5 nitrogen and oxygen atoms in total. The van der Waals surface area contributed by atoms with E-state index in [-0.39, 0.29) is 17.7 Å². The highest BCUT2D eigenvalue weighted by Gasteiger charge is 2.33. The monoisotopic (exact) mass is 325 g/mol. The highest BCUT2D eigenvalue weighted by atomic mass is 35.5. The molecular formula is C16H20ClNO4. The molecule has 0 aromatic heterocycles. The molecule has 2 unspecified atom stereocenters. The Hall–Kier alpha value is -1.14. The molecule has 1 aromatic carbocycles. The van der Waals surface area contributed by atoms with E-state index in [1.165, 1.54) is 6.07 Å². The number of carbonyl (C=O) groups is 1. The number of aromatic carboxylic acids is 1. The molecule has 0 spiro atoms. The van der Waals surface area contributed by atoms with Gasteiger partial charge in [0.05, 0.1) is 35.9 Å². The van der Waals surface area contributed by atoms with E-state index >= 15 is 0 Å². The van der Waals surface area contributed by atoms with E-state index in [0.29, 0.717) is 24.8 Å². The van der Waals surface area contributed by atoms with Crippen molar-refractivity contribution in [3.8, 4) is 0 Å². The maximum atomic E-state index is 11.2. The molecular weight excluding hydrogens is 306 g/mol. The lowest BCUT2D eigenvalue weighted by Gasteiger charge is -2.38. The first kappa shape index (κ1) is 15.7. The minimum absolute atomic E-state index is 0.154. The van der Waals surface area contributed by atoms with Crippen LogP contribution in [0.25, 0.3) is 0 Å². The van der Waals surface area contributed by atoms with E-state index in [1.54, 1.807) is 6.07 Å². The predicted molar refractivity (Wildman–Crippen MR) is 82.4 cm³/mol. The number of hydrogen-bond donors (Lipinski definition) is 1. The van der Waals surface area contributed by atoms with Crippen molar-refractivity contribution >= 4 is 17.6 Å². The van der Waals surface area contributed by atoms with Crippen molar-refractivity contribution in [2.45, 2.75) is 31.5 Å². The largest absolute Gasteiger partial charge is 0.478 e. The van der Waals surface area contributed by atoms with Crippen molar-refractivity contribution < 1.29 is 19.4 Å². The van der Waals surface area contributed by atoms with Gasteiger partial charge in [-0.05, 0) is 24.5 Å². The Kier molecular flexibility index (Phi) is 4.98. The van der Waals surface area contributed by atoms with Crippen LogP contribution in [0, 0.1) is 0 Å². The van der Waals surface area contributed by atoms with E-state index in [9.17, 15) is 9.90 Å². The lowest BCUT2D eigenvalue weighted by atomic mass is 10.0. The first-order valence-electron chi connectivity index (χ1n) is 7.61. The zero-order valence-corrected chi connectivity index (χ0v) is 13.1. The van der Waals surface area contributed by atoms with Gasteiger partial charge in [0.15, 0.2) is 0 Å². The average Bonchev–Trinajstić information content (AvgIpc) is 3.04. The lowest BCUT2D eigenvalue weighted by Crippen LogP contribution is -2.51. The first-order valence-corrected chi connectivity index (χ1v) is 7.98. The van der Waals surface area contributed by atoms with Crippen molar-refractivity contribution in [2.75, 3.05) is 26.4 Å². The molecule has 6 heteroatoms. The highest BCUT2D eigenvalue weighted by molar-refractivity contribution is 6.34. The maximum absolute atomic E-state index is 11.2. The molecule has 22 heavy (non-hydrogen) atoms. The number of benzene rings is 1. The van der Waals surface area contributed by atoms with Crippen molar-refractivity contribution in [2.24, 2.45) is 0 Å². The van der Waals surface area contributed by atoms with Crippen molar-refractivity contribution in [3.05, 3.63) is 34.3 Å². The average molecular weight is 326 g/mol. The summed E-state index contributed by atoms with van der Waals surface area (Å²) in [5, 5.41) is 9.51. The summed E-state index contributed by atoms with van der Waals surface area (Å²) in [4.78, 5) is 13.5. The number of rotatable bonds is 4. The van der Waals surface area contributed by atoms with Crippen LogP contribution in [0.3, 0.4) is 0 Å². The lowest BCUT2D eigenvalue weighted by molar-refractivity contribution is -0.0685. The van der Waals surface area contributed by atoms with Crippen LogP contribution in [0.5, 0.6) is 0 Å². The van der Waals surface area contributed by atoms with E-state index < -0.39 is 5.97 Å². The van der Waals surface area contributed by atoms with E-state index in [4.69, 9.17) is 21.1 Å². The fourth-order valence-corrected chi connectivity index (χ4v) is 3.45. The molecule has 0 amide bonds. The standard InChI is InChI=1S/C16H20ClNO4/c17-15-11(3-1-4-12(15)16(19)20)9-18-6-8-21-10-13(18)14-5-2-7-22-14/h1,3-4,13-14H,2,5-10H2,(H,19,20). The van der Waals surface area contributed by atoms with Gasteiger partial charge in [-0.1, -0.05) is 23.7 Å². The molecule has 0 aliphatic carbocycles. The third-order valence-electron chi connectivity index (χ3n) is 4.36. The molecule has 0 radical (unpaired) electrons. The van der Waals surface area contributed by atoms with Gasteiger partial charge < -0.3 is 14.6 Å². The molecule has 2 saturated heterocycles. The van der Waals surface area contributed by atoms with Crippen LogP contribution in [0.1, 0.15) is 28.8 Å². The third-order valence-corrected chi connectivity index (χ3v) is 4.80. The van der Waals surface area contributed by atoms with Crippen LogP contribution >= 0.6 is 11.6 Å². The first-order chi connectivity index (χ1) is 10.7. The number of carboxylic acid groups (broad SMARTS) is 1. The third kappa shape index (κ3) is 3.27. The Morgan fingerprint density at radius 3 is 3.00 bits per heavy atom.